The highest BCUT2D eigenvalue weighted by Crippen LogP contribution is 2.24. The Labute approximate surface area is 146 Å². The van der Waals surface area contributed by atoms with E-state index in [1.807, 2.05) is 34.9 Å². The van der Waals surface area contributed by atoms with Gasteiger partial charge in [0.05, 0.1) is 5.75 Å². The second kappa shape index (κ2) is 6.86. The first-order valence-corrected chi connectivity index (χ1v) is 8.45. The fraction of sp³-hybridized carbons (Fsp3) is 0.0588. The van der Waals surface area contributed by atoms with E-state index in [2.05, 4.69) is 20.3 Å². The van der Waals surface area contributed by atoms with Crippen LogP contribution in [0, 0.1) is 5.82 Å². The number of para-hydroxylation sites is 1. The Morgan fingerprint density at radius 2 is 1.84 bits per heavy atom. The molecule has 0 saturated heterocycles. The van der Waals surface area contributed by atoms with Crippen molar-refractivity contribution in [2.45, 2.75) is 10.9 Å². The third-order valence-electron chi connectivity index (χ3n) is 3.44. The number of rotatable bonds is 5. The molecule has 8 heteroatoms. The maximum atomic E-state index is 13.0. The van der Waals surface area contributed by atoms with Crippen LogP contribution >= 0.6 is 11.8 Å². The van der Waals surface area contributed by atoms with Gasteiger partial charge in [0.2, 0.25) is 0 Å². The second-order valence-electron chi connectivity index (χ2n) is 5.13. The zero-order chi connectivity index (χ0) is 17.1. The molecular formula is C17H12FN5OS. The molecule has 124 valence electrons. The van der Waals surface area contributed by atoms with Gasteiger partial charge in [0.25, 0.3) is 5.89 Å². The molecule has 2 heterocycles. The fourth-order valence-corrected chi connectivity index (χ4v) is 3.01. The minimum atomic E-state index is -0.306. The van der Waals surface area contributed by atoms with Gasteiger partial charge in [-0.1, -0.05) is 35.1 Å². The van der Waals surface area contributed by atoms with Gasteiger partial charge in [-0.25, -0.2) is 4.39 Å². The molecule has 0 radical (unpaired) electrons. The summed E-state index contributed by atoms with van der Waals surface area (Å²) in [6, 6.07) is 15.7. The highest BCUT2D eigenvalue weighted by molar-refractivity contribution is 7.98. The number of halogens is 1. The van der Waals surface area contributed by atoms with Gasteiger partial charge in [0, 0.05) is 11.3 Å². The van der Waals surface area contributed by atoms with Crippen LogP contribution < -0.4 is 0 Å². The van der Waals surface area contributed by atoms with E-state index in [1.54, 1.807) is 18.5 Å². The average Bonchev–Trinajstić information content (AvgIpc) is 3.31. The van der Waals surface area contributed by atoms with Crippen LogP contribution in [0.4, 0.5) is 4.39 Å². The molecule has 0 spiro atoms. The lowest BCUT2D eigenvalue weighted by Crippen LogP contribution is -1.95. The van der Waals surface area contributed by atoms with Crippen LogP contribution in [0.3, 0.4) is 0 Å². The van der Waals surface area contributed by atoms with E-state index in [0.29, 0.717) is 23.0 Å². The van der Waals surface area contributed by atoms with Gasteiger partial charge in [0.15, 0.2) is 11.0 Å². The van der Waals surface area contributed by atoms with Crippen LogP contribution in [0.2, 0.25) is 0 Å². The molecule has 0 aliphatic heterocycles. The molecule has 0 atom stereocenters. The molecule has 0 unspecified atom stereocenters. The van der Waals surface area contributed by atoms with Crippen molar-refractivity contribution in [3.05, 3.63) is 72.6 Å². The SMILES string of the molecule is Fc1ccc(-c2nc(CSc3nncn3-c3ccccc3)no2)cc1. The van der Waals surface area contributed by atoms with E-state index in [4.69, 9.17) is 4.52 Å². The Morgan fingerprint density at radius 3 is 2.64 bits per heavy atom. The van der Waals surface area contributed by atoms with Gasteiger partial charge in [0.1, 0.15) is 12.1 Å². The molecule has 4 rings (SSSR count). The third kappa shape index (κ3) is 3.43. The summed E-state index contributed by atoms with van der Waals surface area (Å²) >= 11 is 1.46. The summed E-state index contributed by atoms with van der Waals surface area (Å²) in [5.74, 6) is 1.07. The molecule has 0 aliphatic rings. The molecule has 2 aromatic heterocycles. The largest absolute Gasteiger partial charge is 0.334 e. The lowest BCUT2D eigenvalue weighted by atomic mass is 10.2. The zero-order valence-electron chi connectivity index (χ0n) is 12.9. The van der Waals surface area contributed by atoms with Gasteiger partial charge in [-0.05, 0) is 36.4 Å². The molecule has 25 heavy (non-hydrogen) atoms. The van der Waals surface area contributed by atoms with Gasteiger partial charge < -0.3 is 4.52 Å². The Morgan fingerprint density at radius 1 is 1.04 bits per heavy atom. The Balaban J connectivity index is 1.48. The van der Waals surface area contributed by atoms with Gasteiger partial charge in [-0.15, -0.1) is 10.2 Å². The molecular weight excluding hydrogens is 341 g/mol. The molecule has 4 aromatic rings. The summed E-state index contributed by atoms with van der Waals surface area (Å²) in [6.45, 7) is 0. The molecule has 6 nitrogen and oxygen atoms in total. The van der Waals surface area contributed by atoms with E-state index in [-0.39, 0.29) is 5.82 Å². The first kappa shape index (κ1) is 15.5. The summed E-state index contributed by atoms with van der Waals surface area (Å²) in [4.78, 5) is 4.33. The van der Waals surface area contributed by atoms with Crippen molar-refractivity contribution < 1.29 is 8.91 Å². The fourth-order valence-electron chi connectivity index (χ4n) is 2.24. The highest BCUT2D eigenvalue weighted by Gasteiger charge is 2.12. The smallest absolute Gasteiger partial charge is 0.257 e. The normalized spacial score (nSPS) is 10.9. The number of thioether (sulfide) groups is 1. The first-order valence-electron chi connectivity index (χ1n) is 7.46. The van der Waals surface area contributed by atoms with E-state index in [1.165, 1.54) is 23.9 Å². The zero-order valence-corrected chi connectivity index (χ0v) is 13.7. The maximum absolute atomic E-state index is 13.0. The lowest BCUT2D eigenvalue weighted by Gasteiger charge is -2.04. The molecule has 0 fully saturated rings. The van der Waals surface area contributed by atoms with Crippen molar-refractivity contribution in [3.63, 3.8) is 0 Å². The van der Waals surface area contributed by atoms with Crippen molar-refractivity contribution in [2.75, 3.05) is 0 Å². The van der Waals surface area contributed by atoms with E-state index in [9.17, 15) is 4.39 Å². The van der Waals surface area contributed by atoms with Crippen molar-refractivity contribution in [1.82, 2.24) is 24.9 Å². The lowest BCUT2D eigenvalue weighted by molar-refractivity contribution is 0.425. The minimum absolute atomic E-state index is 0.306. The first-order chi connectivity index (χ1) is 12.3. The highest BCUT2D eigenvalue weighted by atomic mass is 32.2. The molecule has 0 N–H and O–H groups in total. The van der Waals surface area contributed by atoms with Crippen molar-refractivity contribution in [3.8, 4) is 17.1 Å². The van der Waals surface area contributed by atoms with E-state index >= 15 is 0 Å². The van der Waals surface area contributed by atoms with Gasteiger partial charge in [-0.3, -0.25) is 4.57 Å². The Hall–Kier alpha value is -3.00. The average molecular weight is 353 g/mol. The van der Waals surface area contributed by atoms with Crippen molar-refractivity contribution in [2.24, 2.45) is 0 Å². The van der Waals surface area contributed by atoms with Crippen LogP contribution in [-0.4, -0.2) is 24.9 Å². The molecule has 2 aromatic carbocycles. The van der Waals surface area contributed by atoms with Gasteiger partial charge in [-0.2, -0.15) is 4.98 Å². The summed E-state index contributed by atoms with van der Waals surface area (Å²) in [6.07, 6.45) is 1.66. The summed E-state index contributed by atoms with van der Waals surface area (Å²) < 4.78 is 20.1. The molecule has 0 bridgehead atoms. The topological polar surface area (TPSA) is 69.6 Å². The Bertz CT molecular complexity index is 968. The van der Waals surface area contributed by atoms with Gasteiger partial charge >= 0.3 is 0 Å². The summed E-state index contributed by atoms with van der Waals surface area (Å²) in [7, 11) is 0. The second-order valence-corrected chi connectivity index (χ2v) is 6.07. The molecule has 0 saturated carbocycles. The van der Waals surface area contributed by atoms with Crippen LogP contribution in [-0.2, 0) is 5.75 Å². The monoisotopic (exact) mass is 353 g/mol. The van der Waals surface area contributed by atoms with Crippen LogP contribution in [0.1, 0.15) is 5.82 Å². The molecule has 0 amide bonds. The maximum Gasteiger partial charge on any atom is 0.257 e. The number of aromatic nitrogens is 5. The number of hydrogen-bond donors (Lipinski definition) is 0. The number of benzene rings is 2. The summed E-state index contributed by atoms with van der Waals surface area (Å²) in [5.41, 5.74) is 1.66. The van der Waals surface area contributed by atoms with Crippen LogP contribution in [0.5, 0.6) is 0 Å². The van der Waals surface area contributed by atoms with Crippen molar-refractivity contribution >= 4 is 11.8 Å². The summed E-state index contributed by atoms with van der Waals surface area (Å²) in [5, 5.41) is 12.8. The minimum Gasteiger partial charge on any atom is -0.334 e. The molecule has 0 aliphatic carbocycles. The number of nitrogens with zero attached hydrogens (tertiary/aromatic N) is 5. The van der Waals surface area contributed by atoms with E-state index in [0.717, 1.165) is 10.8 Å². The third-order valence-corrected chi connectivity index (χ3v) is 4.38. The number of hydrogen-bond acceptors (Lipinski definition) is 6. The van der Waals surface area contributed by atoms with E-state index < -0.39 is 0 Å². The van der Waals surface area contributed by atoms with Crippen molar-refractivity contribution in [1.29, 1.82) is 0 Å². The standard InChI is InChI=1S/C17H12FN5OS/c18-13-8-6-12(7-9-13)16-20-15(22-24-16)10-25-17-21-19-11-23(17)14-4-2-1-3-5-14/h1-9,11H,10H2. The quantitative estimate of drug-likeness (QED) is 0.509. The Kier molecular flexibility index (Phi) is 4.26. The predicted molar refractivity (Wildman–Crippen MR) is 90.6 cm³/mol. The van der Waals surface area contributed by atoms with Crippen LogP contribution in [0.15, 0.2) is 70.6 Å². The predicted octanol–water partition coefficient (Wildman–Crippen LogP) is 3.75. The van der Waals surface area contributed by atoms with Crippen LogP contribution in [0.25, 0.3) is 17.1 Å².